The molecule has 1 aliphatic heterocycles. The number of hydrogen-bond donors (Lipinski definition) is 2. The molecule has 2 amide bonds. The SMILES string of the molecule is O=C(NC1(C(=O)Nc2ccc3c(c2)CCN(C2=CC=C2)CC3)CCCC1)c1ccc(Cl)s1. The molecule has 0 spiro atoms. The zero-order valence-corrected chi connectivity index (χ0v) is 19.4. The third-order valence-corrected chi connectivity index (χ3v) is 7.94. The molecule has 2 N–H and O–H groups in total. The number of benzene rings is 1. The first-order chi connectivity index (χ1) is 15.5. The molecule has 2 heterocycles. The normalized spacial score (nSPS) is 18.9. The predicted molar refractivity (Wildman–Crippen MR) is 129 cm³/mol. The molecule has 2 aromatic rings. The van der Waals surface area contributed by atoms with E-state index in [-0.39, 0.29) is 11.8 Å². The van der Waals surface area contributed by atoms with E-state index in [1.165, 1.54) is 28.2 Å². The number of halogens is 1. The van der Waals surface area contributed by atoms with Gasteiger partial charge in [-0.25, -0.2) is 0 Å². The lowest BCUT2D eigenvalue weighted by atomic mass is 9.95. The second kappa shape index (κ2) is 8.75. The van der Waals surface area contributed by atoms with Crippen LogP contribution < -0.4 is 10.6 Å². The van der Waals surface area contributed by atoms with E-state index in [0.29, 0.717) is 22.1 Å². The lowest BCUT2D eigenvalue weighted by Gasteiger charge is -2.29. The smallest absolute Gasteiger partial charge is 0.262 e. The molecule has 1 saturated carbocycles. The van der Waals surface area contributed by atoms with Gasteiger partial charge in [-0.15, -0.1) is 11.3 Å². The van der Waals surface area contributed by atoms with Gasteiger partial charge in [0.25, 0.3) is 5.91 Å². The van der Waals surface area contributed by atoms with E-state index in [0.717, 1.165) is 44.5 Å². The molecular weight excluding hydrogens is 442 g/mol. The summed E-state index contributed by atoms with van der Waals surface area (Å²) < 4.78 is 0.563. The first-order valence-corrected chi connectivity index (χ1v) is 12.4. The number of carbonyl (C=O) groups excluding carboxylic acids is 2. The van der Waals surface area contributed by atoms with Crippen molar-refractivity contribution in [3.05, 3.63) is 74.6 Å². The summed E-state index contributed by atoms with van der Waals surface area (Å²) in [7, 11) is 0. The van der Waals surface area contributed by atoms with Crippen LogP contribution in [0.15, 0.2) is 54.3 Å². The summed E-state index contributed by atoms with van der Waals surface area (Å²) in [5, 5.41) is 6.13. The minimum absolute atomic E-state index is 0.133. The Labute approximate surface area is 197 Å². The molecule has 0 radical (unpaired) electrons. The standard InChI is InChI=1S/C25H26ClN3O2S/c26-22-9-8-21(32-22)23(30)28-25(12-1-2-13-25)24(31)27-19-7-6-17-10-14-29(20-4-3-5-20)15-11-18(17)16-19/h3-9,16H,1-2,10-15H2,(H,27,31)(H,28,30). The first-order valence-electron chi connectivity index (χ1n) is 11.2. The molecule has 3 aliphatic rings. The average Bonchev–Trinajstić information content (AvgIpc) is 3.34. The van der Waals surface area contributed by atoms with Gasteiger partial charge in [0, 0.05) is 24.5 Å². The maximum atomic E-state index is 13.4. The van der Waals surface area contributed by atoms with E-state index in [1.54, 1.807) is 12.1 Å². The Morgan fingerprint density at radius 3 is 2.44 bits per heavy atom. The lowest BCUT2D eigenvalue weighted by molar-refractivity contribution is -0.122. The van der Waals surface area contributed by atoms with E-state index in [2.05, 4.69) is 45.9 Å². The van der Waals surface area contributed by atoms with Gasteiger partial charge in [0.1, 0.15) is 5.54 Å². The molecule has 32 heavy (non-hydrogen) atoms. The summed E-state index contributed by atoms with van der Waals surface area (Å²) in [6.45, 7) is 1.99. The van der Waals surface area contributed by atoms with Crippen molar-refractivity contribution in [1.82, 2.24) is 10.2 Å². The number of rotatable bonds is 5. The molecule has 1 aromatic heterocycles. The van der Waals surface area contributed by atoms with Crippen molar-refractivity contribution in [1.29, 1.82) is 0 Å². The molecule has 5 rings (SSSR count). The first kappa shape index (κ1) is 21.3. The van der Waals surface area contributed by atoms with Crippen molar-refractivity contribution < 1.29 is 9.59 Å². The van der Waals surface area contributed by atoms with Crippen LogP contribution in [0.2, 0.25) is 4.34 Å². The maximum absolute atomic E-state index is 13.4. The van der Waals surface area contributed by atoms with E-state index in [4.69, 9.17) is 11.6 Å². The van der Waals surface area contributed by atoms with Crippen LogP contribution in [0.1, 0.15) is 46.5 Å². The lowest BCUT2D eigenvalue weighted by Crippen LogP contribution is -2.54. The summed E-state index contributed by atoms with van der Waals surface area (Å²) >= 11 is 7.21. The Hall–Kier alpha value is -2.57. The van der Waals surface area contributed by atoms with Crippen LogP contribution in [0.3, 0.4) is 0 Å². The highest BCUT2D eigenvalue weighted by Gasteiger charge is 2.42. The summed E-state index contributed by atoms with van der Waals surface area (Å²) in [6, 6.07) is 9.63. The fraction of sp³-hybridized carbons (Fsp3) is 0.360. The molecule has 1 fully saturated rings. The van der Waals surface area contributed by atoms with Crippen LogP contribution in [0, 0.1) is 0 Å². The number of carbonyl (C=O) groups is 2. The Balaban J connectivity index is 1.29. The van der Waals surface area contributed by atoms with E-state index in [9.17, 15) is 9.59 Å². The fourth-order valence-corrected chi connectivity index (χ4v) is 5.75. The van der Waals surface area contributed by atoms with Crippen molar-refractivity contribution in [2.24, 2.45) is 0 Å². The number of allylic oxidation sites excluding steroid dienone is 3. The van der Waals surface area contributed by atoms with Crippen LogP contribution in [-0.2, 0) is 17.6 Å². The van der Waals surface area contributed by atoms with Crippen LogP contribution >= 0.6 is 22.9 Å². The number of fused-ring (bicyclic) bond motifs is 1. The molecule has 2 aliphatic carbocycles. The number of hydrogen-bond acceptors (Lipinski definition) is 4. The Kier molecular flexibility index (Phi) is 5.82. The minimum Gasteiger partial charge on any atom is -0.371 e. The zero-order valence-electron chi connectivity index (χ0n) is 17.8. The number of anilines is 1. The van der Waals surface area contributed by atoms with Crippen LogP contribution in [-0.4, -0.2) is 35.3 Å². The number of thiophene rings is 1. The highest BCUT2D eigenvalue weighted by atomic mass is 35.5. The van der Waals surface area contributed by atoms with Gasteiger partial charge in [-0.05, 0) is 73.2 Å². The second-order valence-corrected chi connectivity index (χ2v) is 10.4. The third-order valence-electron chi connectivity index (χ3n) is 6.71. The quantitative estimate of drug-likeness (QED) is 0.654. The topological polar surface area (TPSA) is 61.4 Å². The number of nitrogens with zero attached hydrogens (tertiary/aromatic N) is 1. The molecule has 5 nitrogen and oxygen atoms in total. The molecule has 1 aromatic carbocycles. The zero-order chi connectivity index (χ0) is 22.1. The highest BCUT2D eigenvalue weighted by Crippen LogP contribution is 2.33. The van der Waals surface area contributed by atoms with Crippen LogP contribution in [0.5, 0.6) is 0 Å². The number of amides is 2. The van der Waals surface area contributed by atoms with Gasteiger partial charge in [-0.1, -0.05) is 36.6 Å². The van der Waals surface area contributed by atoms with Crippen molar-refractivity contribution in [3.63, 3.8) is 0 Å². The number of nitrogens with one attached hydrogen (secondary N) is 2. The molecule has 7 heteroatoms. The minimum atomic E-state index is -0.875. The highest BCUT2D eigenvalue weighted by molar-refractivity contribution is 7.18. The second-order valence-electron chi connectivity index (χ2n) is 8.72. The monoisotopic (exact) mass is 467 g/mol. The molecule has 0 bridgehead atoms. The van der Waals surface area contributed by atoms with E-state index >= 15 is 0 Å². The van der Waals surface area contributed by atoms with Gasteiger partial charge >= 0.3 is 0 Å². The summed E-state index contributed by atoms with van der Waals surface area (Å²) in [5.41, 5.74) is 3.85. The Bertz CT molecular complexity index is 1110. The summed E-state index contributed by atoms with van der Waals surface area (Å²) in [5.74, 6) is -0.369. The van der Waals surface area contributed by atoms with Gasteiger partial charge in [0.05, 0.1) is 9.21 Å². The third kappa shape index (κ3) is 4.21. The molecule has 0 unspecified atom stereocenters. The molecular formula is C25H26ClN3O2S. The van der Waals surface area contributed by atoms with Crippen molar-refractivity contribution in [2.75, 3.05) is 18.4 Å². The fourth-order valence-electron chi connectivity index (χ4n) is 4.81. The van der Waals surface area contributed by atoms with Gasteiger partial charge in [0.2, 0.25) is 5.91 Å². The van der Waals surface area contributed by atoms with Crippen LogP contribution in [0.4, 0.5) is 5.69 Å². The van der Waals surface area contributed by atoms with Crippen molar-refractivity contribution >= 4 is 40.4 Å². The largest absolute Gasteiger partial charge is 0.371 e. The molecule has 166 valence electrons. The molecule has 0 atom stereocenters. The van der Waals surface area contributed by atoms with E-state index < -0.39 is 5.54 Å². The summed E-state index contributed by atoms with van der Waals surface area (Å²) in [4.78, 5) is 29.1. The summed E-state index contributed by atoms with van der Waals surface area (Å²) in [6.07, 6.45) is 11.5. The van der Waals surface area contributed by atoms with Crippen molar-refractivity contribution in [3.8, 4) is 0 Å². The van der Waals surface area contributed by atoms with Gasteiger partial charge in [0.15, 0.2) is 0 Å². The van der Waals surface area contributed by atoms with Gasteiger partial charge < -0.3 is 15.5 Å². The maximum Gasteiger partial charge on any atom is 0.262 e. The molecule has 0 saturated heterocycles. The van der Waals surface area contributed by atoms with Gasteiger partial charge in [-0.2, -0.15) is 0 Å². The Morgan fingerprint density at radius 2 is 1.78 bits per heavy atom. The van der Waals surface area contributed by atoms with Crippen LogP contribution in [0.25, 0.3) is 0 Å². The predicted octanol–water partition coefficient (Wildman–Crippen LogP) is 4.94. The Morgan fingerprint density at radius 1 is 1.03 bits per heavy atom. The van der Waals surface area contributed by atoms with Crippen molar-refractivity contribution in [2.45, 2.75) is 44.1 Å². The van der Waals surface area contributed by atoms with E-state index in [1.807, 2.05) is 6.07 Å². The van der Waals surface area contributed by atoms with Gasteiger partial charge in [-0.3, -0.25) is 9.59 Å². The average molecular weight is 468 g/mol.